The fraction of sp³-hybridized carbons (Fsp3) is 0.167. The van der Waals surface area contributed by atoms with Crippen LogP contribution in [0.3, 0.4) is 0 Å². The summed E-state index contributed by atoms with van der Waals surface area (Å²) in [5, 5.41) is 2.46. The van der Waals surface area contributed by atoms with Crippen LogP contribution in [0, 0.1) is 0 Å². The van der Waals surface area contributed by atoms with Crippen molar-refractivity contribution < 1.29 is 0 Å². The van der Waals surface area contributed by atoms with Gasteiger partial charge in [-0.2, -0.15) is 0 Å². The zero-order valence-electron chi connectivity index (χ0n) is 24.4. The lowest BCUT2D eigenvalue weighted by Gasteiger charge is -2.11. The molecule has 0 aliphatic carbocycles. The summed E-state index contributed by atoms with van der Waals surface area (Å²) < 4.78 is 6.77. The average molecular weight is 578 g/mol. The Morgan fingerprint density at radius 2 is 1.61 bits per heavy atom. The molecule has 0 unspecified atom stereocenters. The highest BCUT2D eigenvalue weighted by molar-refractivity contribution is 6.09. The fourth-order valence-corrected chi connectivity index (χ4v) is 6.46. The van der Waals surface area contributed by atoms with Gasteiger partial charge in [0, 0.05) is 65.8 Å². The molecule has 0 aliphatic rings. The molecule has 0 atom stereocenters. The number of hydrogen-bond acceptors (Lipinski definition) is 4. The highest BCUT2D eigenvalue weighted by Crippen LogP contribution is 2.34. The van der Waals surface area contributed by atoms with Crippen molar-refractivity contribution in [3.05, 3.63) is 125 Å². The van der Waals surface area contributed by atoms with E-state index in [-0.39, 0.29) is 5.56 Å². The third-order valence-corrected chi connectivity index (χ3v) is 8.55. The molecule has 0 aliphatic heterocycles. The molecule has 44 heavy (non-hydrogen) atoms. The monoisotopic (exact) mass is 577 g/mol. The summed E-state index contributed by atoms with van der Waals surface area (Å²) in [7, 11) is 0. The molecule has 0 amide bonds. The first-order valence-electron chi connectivity index (χ1n) is 15.1. The Morgan fingerprint density at radius 3 is 2.45 bits per heavy atom. The van der Waals surface area contributed by atoms with Crippen molar-refractivity contribution in [3.8, 4) is 11.4 Å². The Morgan fingerprint density at radius 1 is 0.773 bits per heavy atom. The van der Waals surface area contributed by atoms with Crippen molar-refractivity contribution in [2.45, 2.75) is 39.4 Å². The van der Waals surface area contributed by atoms with Crippen LogP contribution in [0.25, 0.3) is 55.3 Å². The maximum Gasteiger partial charge on any atom is 0.270 e. The molecule has 8 aromatic rings. The van der Waals surface area contributed by atoms with Gasteiger partial charge in [-0.1, -0.05) is 48.5 Å². The summed E-state index contributed by atoms with van der Waals surface area (Å²) in [4.78, 5) is 30.3. The molecule has 0 radical (unpaired) electrons. The van der Waals surface area contributed by atoms with E-state index in [0.29, 0.717) is 17.6 Å². The zero-order valence-corrected chi connectivity index (χ0v) is 24.4. The maximum atomic E-state index is 13.0. The molecular weight excluding hydrogens is 546 g/mol. The fourth-order valence-electron chi connectivity index (χ4n) is 6.46. The minimum atomic E-state index is -0.168. The maximum absolute atomic E-state index is 13.0. The number of H-pyrrole nitrogens is 1. The number of aromatic nitrogens is 7. The normalized spacial score (nSPS) is 11.8. The second kappa shape index (κ2) is 10.6. The Kier molecular flexibility index (Phi) is 6.33. The molecule has 0 saturated heterocycles. The van der Waals surface area contributed by atoms with Crippen LogP contribution >= 0.6 is 0 Å². The van der Waals surface area contributed by atoms with Crippen molar-refractivity contribution in [2.24, 2.45) is 0 Å². The lowest BCUT2D eigenvalue weighted by Crippen LogP contribution is -2.15. The molecule has 216 valence electrons. The van der Waals surface area contributed by atoms with Crippen molar-refractivity contribution in [1.29, 1.82) is 0 Å². The standard InChI is InChI=1S/C36H31N7O/c1-2-42-32-12-7-6-11-26(32)27-20-25(13-14-33(27)42)35-39-30-21-28-29(22-34(30)43(35)17-8-16-41-18-15-37-23-41)38-31(36(44)40-28)19-24-9-4-3-5-10-24/h3-7,9-15,18,20-23H,2,8,16-17,19H2,1H3,(H,40,44). The Hall–Kier alpha value is -5.50. The Labute approximate surface area is 253 Å². The van der Waals surface area contributed by atoms with Gasteiger partial charge >= 0.3 is 0 Å². The second-order valence-corrected chi connectivity index (χ2v) is 11.3. The first-order chi connectivity index (χ1) is 21.7. The number of aromatic amines is 1. The number of fused-ring (bicyclic) bond motifs is 5. The van der Waals surface area contributed by atoms with Gasteiger partial charge in [-0.15, -0.1) is 0 Å². The van der Waals surface area contributed by atoms with Crippen LogP contribution in [-0.2, 0) is 26.1 Å². The van der Waals surface area contributed by atoms with Crippen LogP contribution < -0.4 is 5.56 Å². The summed E-state index contributed by atoms with van der Waals surface area (Å²) in [6, 6.07) is 29.3. The number of nitrogens with one attached hydrogen (secondary N) is 1. The molecule has 0 fully saturated rings. The molecule has 0 bridgehead atoms. The van der Waals surface area contributed by atoms with Crippen molar-refractivity contribution in [2.75, 3.05) is 0 Å². The smallest absolute Gasteiger partial charge is 0.270 e. The Bertz CT molecular complexity index is 2340. The number of imidazole rings is 2. The van der Waals surface area contributed by atoms with Crippen LogP contribution in [0.2, 0.25) is 0 Å². The quantitative estimate of drug-likeness (QED) is 0.212. The molecule has 0 spiro atoms. The van der Waals surface area contributed by atoms with E-state index in [1.165, 1.54) is 21.8 Å². The van der Waals surface area contributed by atoms with E-state index in [9.17, 15) is 4.79 Å². The number of aryl methyl sites for hydroxylation is 3. The molecule has 4 heterocycles. The van der Waals surface area contributed by atoms with Gasteiger partial charge in [-0.25, -0.2) is 15.0 Å². The number of benzene rings is 4. The van der Waals surface area contributed by atoms with E-state index in [2.05, 4.69) is 79.1 Å². The van der Waals surface area contributed by atoms with Gasteiger partial charge in [0.2, 0.25) is 0 Å². The summed E-state index contributed by atoms with van der Waals surface area (Å²) in [6.45, 7) is 4.71. The van der Waals surface area contributed by atoms with Crippen molar-refractivity contribution in [1.82, 2.24) is 33.6 Å². The Balaban J connectivity index is 1.28. The number of nitrogens with zero attached hydrogens (tertiary/aromatic N) is 6. The van der Waals surface area contributed by atoms with E-state index in [1.54, 1.807) is 0 Å². The molecule has 1 N–H and O–H groups in total. The van der Waals surface area contributed by atoms with Gasteiger partial charge in [0.05, 0.1) is 28.4 Å². The first-order valence-corrected chi connectivity index (χ1v) is 15.1. The van der Waals surface area contributed by atoms with Gasteiger partial charge in [-0.3, -0.25) is 4.79 Å². The molecule has 8 nitrogen and oxygen atoms in total. The van der Waals surface area contributed by atoms with Gasteiger partial charge in [0.25, 0.3) is 5.56 Å². The van der Waals surface area contributed by atoms with Gasteiger partial charge < -0.3 is 18.7 Å². The number of rotatable bonds is 8. The minimum absolute atomic E-state index is 0.168. The lowest BCUT2D eigenvalue weighted by molar-refractivity contribution is 0.574. The largest absolute Gasteiger partial charge is 0.341 e. The van der Waals surface area contributed by atoms with E-state index in [1.807, 2.05) is 55.1 Å². The van der Waals surface area contributed by atoms with E-state index < -0.39 is 0 Å². The third-order valence-electron chi connectivity index (χ3n) is 8.55. The van der Waals surface area contributed by atoms with Gasteiger partial charge in [0.15, 0.2) is 0 Å². The highest BCUT2D eigenvalue weighted by atomic mass is 16.1. The lowest BCUT2D eigenvalue weighted by atomic mass is 10.1. The minimum Gasteiger partial charge on any atom is -0.341 e. The SMILES string of the molecule is CCn1c2ccccc2c2cc(-c3nc4cc5[nH]c(=O)c(Cc6ccccc6)nc5cc4n3CCCn3ccnc3)ccc21. The van der Waals surface area contributed by atoms with E-state index in [4.69, 9.17) is 9.97 Å². The molecule has 8 rings (SSSR count). The van der Waals surface area contributed by atoms with Gasteiger partial charge in [0.1, 0.15) is 11.5 Å². The van der Waals surface area contributed by atoms with Crippen LogP contribution in [0.15, 0.2) is 108 Å². The number of hydrogen-bond donors (Lipinski definition) is 1. The zero-order chi connectivity index (χ0) is 29.6. The summed E-state index contributed by atoms with van der Waals surface area (Å²) in [5.74, 6) is 0.906. The molecule has 4 aromatic carbocycles. The predicted molar refractivity (Wildman–Crippen MR) is 176 cm³/mol. The van der Waals surface area contributed by atoms with Crippen molar-refractivity contribution in [3.63, 3.8) is 0 Å². The predicted octanol–water partition coefficient (Wildman–Crippen LogP) is 6.95. The first kappa shape index (κ1) is 26.2. The van der Waals surface area contributed by atoms with Crippen LogP contribution in [-0.4, -0.2) is 33.6 Å². The second-order valence-electron chi connectivity index (χ2n) is 11.3. The third kappa shape index (κ3) is 4.46. The van der Waals surface area contributed by atoms with Gasteiger partial charge in [-0.05, 0) is 55.3 Å². The summed E-state index contributed by atoms with van der Waals surface area (Å²) >= 11 is 0. The average Bonchev–Trinajstić information content (AvgIpc) is 3.77. The van der Waals surface area contributed by atoms with Crippen LogP contribution in [0.4, 0.5) is 0 Å². The molecule has 4 aromatic heterocycles. The van der Waals surface area contributed by atoms with Crippen LogP contribution in [0.1, 0.15) is 24.6 Å². The molecule has 0 saturated carbocycles. The highest BCUT2D eigenvalue weighted by Gasteiger charge is 2.18. The summed E-state index contributed by atoms with van der Waals surface area (Å²) in [5.41, 5.74) is 8.19. The van der Waals surface area contributed by atoms with E-state index in [0.717, 1.165) is 59.6 Å². The topological polar surface area (TPSA) is 86.3 Å². The molecule has 8 heteroatoms. The van der Waals surface area contributed by atoms with Crippen LogP contribution in [0.5, 0.6) is 0 Å². The summed E-state index contributed by atoms with van der Waals surface area (Å²) in [6.07, 6.45) is 7.04. The van der Waals surface area contributed by atoms with E-state index >= 15 is 0 Å². The number of para-hydroxylation sites is 1. The molecular formula is C36H31N7O. The van der Waals surface area contributed by atoms with Crippen molar-refractivity contribution >= 4 is 43.9 Å².